The molecule has 0 bridgehead atoms. The van der Waals surface area contributed by atoms with Gasteiger partial charge in [-0.3, -0.25) is 4.68 Å². The summed E-state index contributed by atoms with van der Waals surface area (Å²) < 4.78 is 6.96. The molecule has 6 heteroatoms. The normalized spacial score (nSPS) is 10.7. The van der Waals surface area contributed by atoms with Crippen molar-refractivity contribution in [3.05, 3.63) is 34.0 Å². The van der Waals surface area contributed by atoms with E-state index in [1.165, 1.54) is 10.7 Å². The molecule has 0 aliphatic heterocycles. The van der Waals surface area contributed by atoms with E-state index in [2.05, 4.69) is 5.10 Å². The van der Waals surface area contributed by atoms with Gasteiger partial charge in [0.15, 0.2) is 5.69 Å². The lowest BCUT2D eigenvalue weighted by Crippen LogP contribution is -2.01. The van der Waals surface area contributed by atoms with Crippen molar-refractivity contribution < 1.29 is 14.6 Å². The predicted octanol–water partition coefficient (Wildman–Crippen LogP) is 3.06. The molecule has 0 aliphatic carbocycles. The third-order valence-corrected chi connectivity index (χ3v) is 3.61. The van der Waals surface area contributed by atoms with Crippen LogP contribution in [0.3, 0.4) is 0 Å². The lowest BCUT2D eigenvalue weighted by molar-refractivity contribution is 0.0689. The number of aromatic carboxylic acids is 1. The largest absolute Gasteiger partial charge is 0.496 e. The van der Waals surface area contributed by atoms with E-state index >= 15 is 0 Å². The molecule has 1 heterocycles. The summed E-state index contributed by atoms with van der Waals surface area (Å²) >= 11 is 6.22. The molecule has 0 saturated heterocycles. The second-order valence-electron chi connectivity index (χ2n) is 4.55. The van der Waals surface area contributed by atoms with Gasteiger partial charge in [0.1, 0.15) is 5.75 Å². The lowest BCUT2D eigenvalue weighted by atomic mass is 10.0. The zero-order chi connectivity index (χ0) is 15.0. The topological polar surface area (TPSA) is 64.3 Å². The Balaban J connectivity index is 2.78. The number of hydrogen-bond acceptors (Lipinski definition) is 3. The summed E-state index contributed by atoms with van der Waals surface area (Å²) in [5.41, 5.74) is 3.12. The van der Waals surface area contributed by atoms with Crippen LogP contribution >= 0.6 is 11.6 Å². The highest BCUT2D eigenvalue weighted by Gasteiger charge is 2.20. The molecule has 1 aromatic carbocycles. The van der Waals surface area contributed by atoms with E-state index in [9.17, 15) is 4.79 Å². The van der Waals surface area contributed by atoms with Crippen LogP contribution in [-0.4, -0.2) is 28.0 Å². The molecule has 20 heavy (non-hydrogen) atoms. The third-order valence-electron chi connectivity index (χ3n) is 3.22. The van der Waals surface area contributed by atoms with Gasteiger partial charge in [0, 0.05) is 17.6 Å². The molecule has 0 amide bonds. The molecule has 0 fully saturated rings. The van der Waals surface area contributed by atoms with Crippen LogP contribution in [0.1, 0.15) is 21.6 Å². The first kappa shape index (κ1) is 14.4. The fraction of sp³-hybridized carbons (Fsp3) is 0.286. The van der Waals surface area contributed by atoms with Gasteiger partial charge in [-0.2, -0.15) is 5.10 Å². The summed E-state index contributed by atoms with van der Waals surface area (Å²) in [4.78, 5) is 11.0. The second kappa shape index (κ2) is 5.17. The standard InChI is InChI=1S/C14H15ClN2O3/c1-7-5-9(15)8(2)12(13(7)20-4)11-6-10(14(18)19)16-17(11)3/h5-6H,1-4H3,(H,18,19). The van der Waals surface area contributed by atoms with E-state index in [0.717, 1.165) is 16.7 Å². The van der Waals surface area contributed by atoms with Crippen LogP contribution in [0.25, 0.3) is 11.3 Å². The van der Waals surface area contributed by atoms with Crippen molar-refractivity contribution in [3.8, 4) is 17.0 Å². The van der Waals surface area contributed by atoms with Gasteiger partial charge in [-0.05, 0) is 37.1 Å². The molecular weight excluding hydrogens is 280 g/mol. The van der Waals surface area contributed by atoms with Crippen LogP contribution in [0.2, 0.25) is 5.02 Å². The molecule has 106 valence electrons. The Hall–Kier alpha value is -2.01. The molecule has 2 rings (SSSR count). The van der Waals surface area contributed by atoms with E-state index in [4.69, 9.17) is 21.4 Å². The van der Waals surface area contributed by atoms with E-state index in [1.807, 2.05) is 19.9 Å². The Morgan fingerprint density at radius 2 is 2.05 bits per heavy atom. The van der Waals surface area contributed by atoms with Gasteiger partial charge in [-0.15, -0.1) is 0 Å². The number of benzene rings is 1. The quantitative estimate of drug-likeness (QED) is 0.945. The number of aryl methyl sites for hydroxylation is 2. The SMILES string of the molecule is COc1c(C)cc(Cl)c(C)c1-c1cc(C(=O)O)nn1C. The molecule has 0 radical (unpaired) electrons. The number of ether oxygens (including phenoxy) is 1. The number of hydrogen-bond donors (Lipinski definition) is 1. The number of nitrogens with zero attached hydrogens (tertiary/aromatic N) is 2. The van der Waals surface area contributed by atoms with Crippen LogP contribution in [0.4, 0.5) is 0 Å². The van der Waals surface area contributed by atoms with Gasteiger partial charge >= 0.3 is 5.97 Å². The fourth-order valence-corrected chi connectivity index (χ4v) is 2.49. The molecule has 1 aromatic heterocycles. The summed E-state index contributed by atoms with van der Waals surface area (Å²) in [5.74, 6) is -0.394. The van der Waals surface area contributed by atoms with Crippen molar-refractivity contribution >= 4 is 17.6 Å². The Labute approximate surface area is 121 Å². The number of rotatable bonds is 3. The first-order valence-corrected chi connectivity index (χ1v) is 6.36. The highest BCUT2D eigenvalue weighted by atomic mass is 35.5. The van der Waals surface area contributed by atoms with Gasteiger partial charge < -0.3 is 9.84 Å². The number of carbonyl (C=O) groups is 1. The van der Waals surface area contributed by atoms with Gasteiger partial charge in [0.25, 0.3) is 0 Å². The molecule has 5 nitrogen and oxygen atoms in total. The molecular formula is C14H15ClN2O3. The minimum atomic E-state index is -1.07. The summed E-state index contributed by atoms with van der Waals surface area (Å²) in [7, 11) is 3.27. The Bertz CT molecular complexity index is 692. The smallest absolute Gasteiger partial charge is 0.356 e. The first-order chi connectivity index (χ1) is 9.36. The Morgan fingerprint density at radius 1 is 1.40 bits per heavy atom. The summed E-state index contributed by atoms with van der Waals surface area (Å²) in [5, 5.41) is 13.6. The first-order valence-electron chi connectivity index (χ1n) is 5.98. The van der Waals surface area contributed by atoms with E-state index in [-0.39, 0.29) is 5.69 Å². The van der Waals surface area contributed by atoms with Crippen LogP contribution in [-0.2, 0) is 7.05 Å². The fourth-order valence-electron chi connectivity index (χ4n) is 2.23. The summed E-state index contributed by atoms with van der Waals surface area (Å²) in [6, 6.07) is 3.34. The van der Waals surface area contributed by atoms with Crippen LogP contribution in [0.5, 0.6) is 5.75 Å². The lowest BCUT2D eigenvalue weighted by Gasteiger charge is -2.15. The van der Waals surface area contributed by atoms with Gasteiger partial charge in [-0.1, -0.05) is 11.6 Å². The monoisotopic (exact) mass is 294 g/mol. The second-order valence-corrected chi connectivity index (χ2v) is 4.96. The highest BCUT2D eigenvalue weighted by molar-refractivity contribution is 6.32. The zero-order valence-corrected chi connectivity index (χ0v) is 12.4. The van der Waals surface area contributed by atoms with E-state index < -0.39 is 5.97 Å². The molecule has 2 aromatic rings. The van der Waals surface area contributed by atoms with Crippen LogP contribution < -0.4 is 4.74 Å². The van der Waals surface area contributed by atoms with Crippen molar-refractivity contribution in [1.29, 1.82) is 0 Å². The van der Waals surface area contributed by atoms with Crippen molar-refractivity contribution in [3.63, 3.8) is 0 Å². The van der Waals surface area contributed by atoms with E-state index in [0.29, 0.717) is 16.5 Å². The average molecular weight is 295 g/mol. The van der Waals surface area contributed by atoms with Gasteiger partial charge in [0.2, 0.25) is 0 Å². The highest BCUT2D eigenvalue weighted by Crippen LogP contribution is 2.39. The zero-order valence-electron chi connectivity index (χ0n) is 11.7. The van der Waals surface area contributed by atoms with E-state index in [1.54, 1.807) is 14.2 Å². The maximum Gasteiger partial charge on any atom is 0.356 e. The number of carboxylic acids is 1. The predicted molar refractivity (Wildman–Crippen MR) is 76.6 cm³/mol. The molecule has 1 N–H and O–H groups in total. The molecule has 0 unspecified atom stereocenters. The maximum absolute atomic E-state index is 11.0. The average Bonchev–Trinajstić information content (AvgIpc) is 2.75. The minimum Gasteiger partial charge on any atom is -0.496 e. The van der Waals surface area contributed by atoms with Crippen LogP contribution in [0.15, 0.2) is 12.1 Å². The maximum atomic E-state index is 11.0. The number of halogens is 1. The number of methoxy groups -OCH3 is 1. The van der Waals surface area contributed by atoms with Crippen molar-refractivity contribution in [2.45, 2.75) is 13.8 Å². The Kier molecular flexibility index (Phi) is 3.72. The molecule has 0 spiro atoms. The number of aromatic nitrogens is 2. The molecule has 0 atom stereocenters. The van der Waals surface area contributed by atoms with Crippen molar-refractivity contribution in [2.75, 3.05) is 7.11 Å². The molecule has 0 saturated carbocycles. The number of carboxylic acid groups (broad SMARTS) is 1. The summed E-state index contributed by atoms with van der Waals surface area (Å²) in [6.45, 7) is 3.76. The Morgan fingerprint density at radius 3 is 2.55 bits per heavy atom. The van der Waals surface area contributed by atoms with Crippen LogP contribution in [0, 0.1) is 13.8 Å². The third kappa shape index (κ3) is 2.25. The van der Waals surface area contributed by atoms with Gasteiger partial charge in [-0.25, -0.2) is 4.79 Å². The minimum absolute atomic E-state index is 0.0124. The van der Waals surface area contributed by atoms with Crippen molar-refractivity contribution in [1.82, 2.24) is 9.78 Å². The molecule has 0 aliphatic rings. The van der Waals surface area contributed by atoms with Crippen molar-refractivity contribution in [2.24, 2.45) is 7.05 Å². The summed E-state index contributed by atoms with van der Waals surface area (Å²) in [6.07, 6.45) is 0. The van der Waals surface area contributed by atoms with Gasteiger partial charge in [0.05, 0.1) is 12.8 Å².